The van der Waals surface area contributed by atoms with Crippen LogP contribution in [0.25, 0.3) is 0 Å². The zero-order valence-corrected chi connectivity index (χ0v) is 13.1. The van der Waals surface area contributed by atoms with E-state index in [1.807, 2.05) is 13.8 Å². The van der Waals surface area contributed by atoms with Gasteiger partial charge < -0.3 is 16.2 Å². The van der Waals surface area contributed by atoms with E-state index in [2.05, 4.69) is 26.8 Å². The number of methoxy groups -OCH3 is 1. The highest BCUT2D eigenvalue weighted by Crippen LogP contribution is 2.35. The molecule has 1 rings (SSSR count). The van der Waals surface area contributed by atoms with E-state index in [0.717, 1.165) is 24.2 Å². The van der Waals surface area contributed by atoms with Crippen molar-refractivity contribution in [2.45, 2.75) is 59.0 Å². The van der Waals surface area contributed by atoms with Crippen LogP contribution in [0.1, 0.15) is 55.0 Å². The Kier molecular flexibility index (Phi) is 4.99. The summed E-state index contributed by atoms with van der Waals surface area (Å²) < 4.78 is 5.58. The molecule has 0 aliphatic carbocycles. The highest BCUT2D eigenvalue weighted by Gasteiger charge is 2.20. The van der Waals surface area contributed by atoms with E-state index in [0.29, 0.717) is 0 Å². The van der Waals surface area contributed by atoms with Gasteiger partial charge in [0.1, 0.15) is 5.75 Å². The first-order chi connectivity index (χ1) is 8.67. The second-order valence-electron chi connectivity index (χ2n) is 6.22. The fraction of sp³-hybridized carbons (Fsp3) is 0.625. The summed E-state index contributed by atoms with van der Waals surface area (Å²) in [5.41, 5.74) is 16.9. The molecule has 0 fully saturated rings. The minimum atomic E-state index is -0.182. The van der Waals surface area contributed by atoms with E-state index in [1.54, 1.807) is 7.11 Å². The van der Waals surface area contributed by atoms with Crippen LogP contribution in [0.3, 0.4) is 0 Å². The third-order valence-electron chi connectivity index (χ3n) is 3.71. The van der Waals surface area contributed by atoms with E-state index in [1.165, 1.54) is 16.7 Å². The predicted molar refractivity (Wildman–Crippen MR) is 81.6 cm³/mol. The molecular weight excluding hydrogens is 236 g/mol. The summed E-state index contributed by atoms with van der Waals surface area (Å²) >= 11 is 0. The number of aryl methyl sites for hydroxylation is 2. The van der Waals surface area contributed by atoms with Crippen LogP contribution in [-0.2, 0) is 0 Å². The minimum Gasteiger partial charge on any atom is -0.496 e. The molecular formula is C16H28N2O. The van der Waals surface area contributed by atoms with Gasteiger partial charge in [0.15, 0.2) is 0 Å². The van der Waals surface area contributed by atoms with Crippen LogP contribution in [0.15, 0.2) is 6.07 Å². The Balaban J connectivity index is 3.09. The van der Waals surface area contributed by atoms with Crippen LogP contribution in [0.5, 0.6) is 5.75 Å². The molecule has 0 saturated heterocycles. The lowest BCUT2D eigenvalue weighted by Gasteiger charge is -2.24. The van der Waals surface area contributed by atoms with E-state index in [-0.39, 0.29) is 11.6 Å². The molecule has 0 saturated carbocycles. The molecule has 0 aliphatic heterocycles. The van der Waals surface area contributed by atoms with Gasteiger partial charge in [-0.2, -0.15) is 0 Å². The van der Waals surface area contributed by atoms with Crippen LogP contribution in [-0.4, -0.2) is 12.6 Å². The van der Waals surface area contributed by atoms with E-state index >= 15 is 0 Å². The van der Waals surface area contributed by atoms with E-state index < -0.39 is 0 Å². The molecule has 0 bridgehead atoms. The molecule has 1 unspecified atom stereocenters. The van der Waals surface area contributed by atoms with Crippen molar-refractivity contribution in [3.63, 3.8) is 0 Å². The van der Waals surface area contributed by atoms with Crippen molar-refractivity contribution in [1.29, 1.82) is 0 Å². The van der Waals surface area contributed by atoms with Crippen molar-refractivity contribution in [2.24, 2.45) is 11.5 Å². The van der Waals surface area contributed by atoms with Crippen molar-refractivity contribution in [3.05, 3.63) is 28.3 Å². The Bertz CT molecular complexity index is 447. The molecule has 0 amide bonds. The average Bonchev–Trinajstić information content (AvgIpc) is 2.29. The fourth-order valence-electron chi connectivity index (χ4n) is 2.47. The summed E-state index contributed by atoms with van der Waals surface area (Å²) in [4.78, 5) is 0. The molecule has 1 aromatic carbocycles. The fourth-order valence-corrected chi connectivity index (χ4v) is 2.47. The Hall–Kier alpha value is -1.06. The van der Waals surface area contributed by atoms with E-state index in [9.17, 15) is 0 Å². The number of hydrogen-bond donors (Lipinski definition) is 2. The van der Waals surface area contributed by atoms with Gasteiger partial charge in [-0.1, -0.05) is 6.07 Å². The summed E-state index contributed by atoms with van der Waals surface area (Å²) in [5, 5.41) is 0. The zero-order valence-electron chi connectivity index (χ0n) is 13.1. The van der Waals surface area contributed by atoms with Crippen LogP contribution < -0.4 is 16.2 Å². The molecule has 0 spiro atoms. The van der Waals surface area contributed by atoms with Crippen LogP contribution in [0.2, 0.25) is 0 Å². The van der Waals surface area contributed by atoms with Gasteiger partial charge in [0.05, 0.1) is 7.11 Å². The predicted octanol–water partition coefficient (Wildman–Crippen LogP) is 3.14. The average molecular weight is 264 g/mol. The molecule has 108 valence electrons. The lowest BCUT2D eigenvalue weighted by molar-refractivity contribution is 0.390. The number of ether oxygens (including phenoxy) is 1. The van der Waals surface area contributed by atoms with Crippen molar-refractivity contribution < 1.29 is 4.74 Å². The maximum Gasteiger partial charge on any atom is 0.127 e. The molecule has 1 atom stereocenters. The Morgan fingerprint density at radius 2 is 1.79 bits per heavy atom. The van der Waals surface area contributed by atoms with Crippen LogP contribution in [0.4, 0.5) is 0 Å². The lowest BCUT2D eigenvalue weighted by atomic mass is 9.89. The molecule has 0 heterocycles. The van der Waals surface area contributed by atoms with Crippen molar-refractivity contribution in [2.75, 3.05) is 7.11 Å². The Labute approximate surface area is 117 Å². The number of nitrogens with two attached hydrogens (primary N) is 2. The zero-order chi connectivity index (χ0) is 14.8. The van der Waals surface area contributed by atoms with E-state index in [4.69, 9.17) is 16.2 Å². The van der Waals surface area contributed by atoms with Crippen molar-refractivity contribution >= 4 is 0 Å². The smallest absolute Gasteiger partial charge is 0.127 e. The molecule has 0 aliphatic rings. The monoisotopic (exact) mass is 264 g/mol. The van der Waals surface area contributed by atoms with Crippen molar-refractivity contribution in [1.82, 2.24) is 0 Å². The summed E-state index contributed by atoms with van der Waals surface area (Å²) in [6, 6.07) is 2.15. The van der Waals surface area contributed by atoms with Gasteiger partial charge in [-0.15, -0.1) is 0 Å². The summed E-state index contributed by atoms with van der Waals surface area (Å²) in [6.07, 6.45) is 1.76. The van der Waals surface area contributed by atoms with Crippen molar-refractivity contribution in [3.8, 4) is 5.75 Å². The van der Waals surface area contributed by atoms with Gasteiger partial charge in [-0.3, -0.25) is 0 Å². The molecule has 19 heavy (non-hydrogen) atoms. The number of hydrogen-bond acceptors (Lipinski definition) is 3. The minimum absolute atomic E-state index is 0.0305. The lowest BCUT2D eigenvalue weighted by Crippen LogP contribution is -2.33. The summed E-state index contributed by atoms with van der Waals surface area (Å²) in [5.74, 6) is 0.930. The highest BCUT2D eigenvalue weighted by atomic mass is 16.5. The van der Waals surface area contributed by atoms with Gasteiger partial charge in [0.25, 0.3) is 0 Å². The van der Waals surface area contributed by atoms with Gasteiger partial charge in [0, 0.05) is 17.1 Å². The third-order valence-corrected chi connectivity index (χ3v) is 3.71. The van der Waals surface area contributed by atoms with Gasteiger partial charge >= 0.3 is 0 Å². The summed E-state index contributed by atoms with van der Waals surface area (Å²) in [6.45, 7) is 10.3. The first-order valence-corrected chi connectivity index (χ1v) is 6.86. The standard InChI is InChI=1S/C16H28N2O/c1-10-9-11(2)14(15(19-6)12(10)3)13(17)7-8-16(4,5)18/h9,13H,7-8,17-18H2,1-6H3. The Morgan fingerprint density at radius 3 is 2.26 bits per heavy atom. The van der Waals surface area contributed by atoms with Gasteiger partial charge in [-0.25, -0.2) is 0 Å². The van der Waals surface area contributed by atoms with Gasteiger partial charge in [-0.05, 0) is 64.2 Å². The second kappa shape index (κ2) is 5.93. The van der Waals surface area contributed by atoms with Crippen LogP contribution >= 0.6 is 0 Å². The molecule has 0 aromatic heterocycles. The largest absolute Gasteiger partial charge is 0.496 e. The molecule has 4 N–H and O–H groups in total. The normalized spacial score (nSPS) is 13.5. The SMILES string of the molecule is COc1c(C)c(C)cc(C)c1C(N)CCC(C)(C)N. The maximum absolute atomic E-state index is 6.36. The molecule has 3 nitrogen and oxygen atoms in total. The van der Waals surface area contributed by atoms with Gasteiger partial charge in [0.2, 0.25) is 0 Å². The maximum atomic E-state index is 6.36. The Morgan fingerprint density at radius 1 is 1.21 bits per heavy atom. The third kappa shape index (κ3) is 3.95. The quantitative estimate of drug-likeness (QED) is 0.859. The summed E-state index contributed by atoms with van der Waals surface area (Å²) in [7, 11) is 1.71. The molecule has 3 heteroatoms. The number of rotatable bonds is 5. The first kappa shape index (κ1) is 16.0. The highest BCUT2D eigenvalue weighted by molar-refractivity contribution is 5.51. The number of benzene rings is 1. The molecule has 0 radical (unpaired) electrons. The first-order valence-electron chi connectivity index (χ1n) is 6.86. The second-order valence-corrected chi connectivity index (χ2v) is 6.22. The van der Waals surface area contributed by atoms with Crippen LogP contribution in [0, 0.1) is 20.8 Å². The molecule has 1 aromatic rings. The topological polar surface area (TPSA) is 61.3 Å².